The summed E-state index contributed by atoms with van der Waals surface area (Å²) in [5, 5.41) is 2.52. The van der Waals surface area contributed by atoms with Crippen LogP contribution in [0.2, 0.25) is 5.02 Å². The molecule has 0 saturated heterocycles. The van der Waals surface area contributed by atoms with Gasteiger partial charge in [-0.2, -0.15) is 0 Å². The van der Waals surface area contributed by atoms with Crippen LogP contribution in [0.15, 0.2) is 43.2 Å². The summed E-state index contributed by atoms with van der Waals surface area (Å²) < 4.78 is 15.6. The van der Waals surface area contributed by atoms with E-state index in [1.54, 1.807) is 18.3 Å². The summed E-state index contributed by atoms with van der Waals surface area (Å²) in [5.74, 6) is 0.600. The standard InChI is InChI=1S/C14H15ClFN3/c1-2-6-17-9-14-18-7-8-19(14)10-11-12(15)4-3-5-13(11)16/h2-5,7-8,17H,1,6,9-10H2/p+1. The summed E-state index contributed by atoms with van der Waals surface area (Å²) in [6, 6.07) is 4.72. The van der Waals surface area contributed by atoms with Gasteiger partial charge in [0, 0.05) is 23.0 Å². The van der Waals surface area contributed by atoms with Crippen LogP contribution in [-0.2, 0) is 13.1 Å². The first-order valence-corrected chi connectivity index (χ1v) is 6.45. The highest BCUT2D eigenvalue weighted by atomic mass is 35.5. The Bertz CT molecular complexity index is 545. The molecule has 0 fully saturated rings. The molecule has 0 atom stereocenters. The van der Waals surface area contributed by atoms with Crippen LogP contribution in [0.3, 0.4) is 0 Å². The van der Waals surface area contributed by atoms with Gasteiger partial charge in [0.05, 0.1) is 13.1 Å². The lowest BCUT2D eigenvalue weighted by molar-refractivity contribution is -0.663. The number of hydrogen-bond acceptors (Lipinski definition) is 1. The van der Waals surface area contributed by atoms with Crippen LogP contribution in [0.25, 0.3) is 0 Å². The van der Waals surface area contributed by atoms with Crippen LogP contribution in [0.1, 0.15) is 11.4 Å². The number of nitrogens with zero attached hydrogens (tertiary/aromatic N) is 2. The molecule has 0 saturated carbocycles. The molecule has 0 aliphatic heterocycles. The van der Waals surface area contributed by atoms with Crippen molar-refractivity contribution in [3.63, 3.8) is 0 Å². The van der Waals surface area contributed by atoms with Crippen molar-refractivity contribution in [3.05, 3.63) is 65.5 Å². The van der Waals surface area contributed by atoms with Crippen molar-refractivity contribution in [2.45, 2.75) is 13.1 Å². The topological polar surface area (TPSA) is 34.4 Å². The molecule has 0 aliphatic rings. The Morgan fingerprint density at radius 3 is 3.05 bits per heavy atom. The molecule has 3 nitrogen and oxygen atoms in total. The van der Waals surface area contributed by atoms with E-state index < -0.39 is 0 Å². The zero-order chi connectivity index (χ0) is 13.7. The lowest BCUT2D eigenvalue weighted by atomic mass is 10.2. The number of benzene rings is 1. The van der Waals surface area contributed by atoms with Gasteiger partial charge in [-0.1, -0.05) is 24.2 Å². The van der Waals surface area contributed by atoms with E-state index >= 15 is 0 Å². The van der Waals surface area contributed by atoms with Crippen LogP contribution in [-0.4, -0.2) is 16.1 Å². The molecule has 19 heavy (non-hydrogen) atoms. The molecule has 1 aromatic carbocycles. The van der Waals surface area contributed by atoms with Crippen LogP contribution >= 0.6 is 11.6 Å². The maximum atomic E-state index is 13.7. The van der Waals surface area contributed by atoms with E-state index in [9.17, 15) is 4.39 Å². The van der Waals surface area contributed by atoms with Gasteiger partial charge in [0.2, 0.25) is 0 Å². The van der Waals surface area contributed by atoms with Gasteiger partial charge in [-0.3, -0.25) is 0 Å². The monoisotopic (exact) mass is 280 g/mol. The Labute approximate surface area is 116 Å². The molecular weight excluding hydrogens is 265 g/mol. The van der Waals surface area contributed by atoms with E-state index in [0.717, 1.165) is 18.9 Å². The summed E-state index contributed by atoms with van der Waals surface area (Å²) in [6.07, 6.45) is 5.38. The van der Waals surface area contributed by atoms with Crippen LogP contribution in [0, 0.1) is 5.82 Å². The fraction of sp³-hybridized carbons (Fsp3) is 0.214. The summed E-state index contributed by atoms with van der Waals surface area (Å²) in [7, 11) is 0. The smallest absolute Gasteiger partial charge is 0.164 e. The maximum Gasteiger partial charge on any atom is 0.164 e. The fourth-order valence-electron chi connectivity index (χ4n) is 1.86. The second kappa shape index (κ2) is 6.50. The number of aromatic nitrogens is 2. The summed E-state index contributed by atoms with van der Waals surface area (Å²) in [4.78, 5) is 4.28. The van der Waals surface area contributed by atoms with E-state index in [-0.39, 0.29) is 5.82 Å². The first-order chi connectivity index (χ1) is 9.22. The van der Waals surface area contributed by atoms with Crippen molar-refractivity contribution >= 4 is 11.6 Å². The number of rotatable bonds is 6. The van der Waals surface area contributed by atoms with Gasteiger partial charge in [-0.05, 0) is 18.2 Å². The van der Waals surface area contributed by atoms with Crippen LogP contribution in [0.4, 0.5) is 4.39 Å². The van der Waals surface area contributed by atoms with Gasteiger partial charge < -0.3 is 9.88 Å². The Balaban J connectivity index is 2.15. The van der Waals surface area contributed by atoms with Crippen molar-refractivity contribution in [1.29, 1.82) is 0 Å². The highest BCUT2D eigenvalue weighted by Gasteiger charge is 2.10. The minimum absolute atomic E-state index is 0.290. The highest BCUT2D eigenvalue weighted by molar-refractivity contribution is 6.31. The van der Waals surface area contributed by atoms with Gasteiger partial charge >= 0.3 is 0 Å². The zero-order valence-electron chi connectivity index (χ0n) is 10.5. The molecule has 0 aliphatic carbocycles. The van der Waals surface area contributed by atoms with E-state index in [2.05, 4.69) is 16.9 Å². The molecule has 2 rings (SSSR count). The molecule has 100 valence electrons. The SMILES string of the molecule is C=CC[NH2+]Cc1nccn1Cc1c(F)cccc1Cl. The van der Waals surface area contributed by atoms with Crippen LogP contribution < -0.4 is 5.32 Å². The molecule has 0 amide bonds. The van der Waals surface area contributed by atoms with Gasteiger partial charge in [-0.25, -0.2) is 9.37 Å². The van der Waals surface area contributed by atoms with Crippen molar-refractivity contribution in [2.24, 2.45) is 0 Å². The third-order valence-electron chi connectivity index (χ3n) is 2.85. The summed E-state index contributed by atoms with van der Waals surface area (Å²) in [6.45, 7) is 5.61. The molecule has 1 heterocycles. The fourth-order valence-corrected chi connectivity index (χ4v) is 2.08. The summed E-state index contributed by atoms with van der Waals surface area (Å²) in [5.41, 5.74) is 0.493. The predicted octanol–water partition coefficient (Wildman–Crippen LogP) is 1.97. The van der Waals surface area contributed by atoms with E-state index in [1.807, 2.05) is 16.8 Å². The second-order valence-electron chi connectivity index (χ2n) is 4.19. The van der Waals surface area contributed by atoms with Crippen molar-refractivity contribution in [3.8, 4) is 0 Å². The molecule has 0 unspecified atom stereocenters. The maximum absolute atomic E-state index is 13.7. The number of hydrogen-bond donors (Lipinski definition) is 1. The minimum atomic E-state index is -0.290. The van der Waals surface area contributed by atoms with Gasteiger partial charge in [0.1, 0.15) is 12.4 Å². The largest absolute Gasteiger partial charge is 0.337 e. The molecule has 5 heteroatoms. The average molecular weight is 281 g/mol. The molecule has 1 aromatic heterocycles. The first-order valence-electron chi connectivity index (χ1n) is 6.08. The predicted molar refractivity (Wildman–Crippen MR) is 73.4 cm³/mol. The van der Waals surface area contributed by atoms with Crippen molar-refractivity contribution in [1.82, 2.24) is 9.55 Å². The van der Waals surface area contributed by atoms with Crippen molar-refractivity contribution in [2.75, 3.05) is 6.54 Å². The lowest BCUT2D eigenvalue weighted by Crippen LogP contribution is -2.82. The lowest BCUT2D eigenvalue weighted by Gasteiger charge is -2.09. The van der Waals surface area contributed by atoms with Crippen LogP contribution in [0.5, 0.6) is 0 Å². The highest BCUT2D eigenvalue weighted by Crippen LogP contribution is 2.20. The number of quaternary nitrogens is 1. The molecular formula is C14H16ClFN3+. The van der Waals surface area contributed by atoms with Gasteiger partial charge in [0.25, 0.3) is 0 Å². The third kappa shape index (κ3) is 3.43. The Hall–Kier alpha value is -1.65. The molecule has 0 bridgehead atoms. The molecule has 2 N–H and O–H groups in total. The molecule has 2 aromatic rings. The van der Waals surface area contributed by atoms with Crippen molar-refractivity contribution < 1.29 is 9.71 Å². The molecule has 0 spiro atoms. The second-order valence-corrected chi connectivity index (χ2v) is 4.60. The quantitative estimate of drug-likeness (QED) is 0.637. The molecule has 0 radical (unpaired) electrons. The number of nitrogens with two attached hydrogens (primary N) is 1. The number of halogens is 2. The van der Waals surface area contributed by atoms with E-state index in [0.29, 0.717) is 17.1 Å². The third-order valence-corrected chi connectivity index (χ3v) is 3.21. The Morgan fingerprint density at radius 2 is 2.32 bits per heavy atom. The van der Waals surface area contributed by atoms with Gasteiger partial charge in [0.15, 0.2) is 5.82 Å². The Kier molecular flexibility index (Phi) is 4.71. The van der Waals surface area contributed by atoms with Gasteiger partial charge in [-0.15, -0.1) is 0 Å². The van der Waals surface area contributed by atoms with E-state index in [4.69, 9.17) is 11.6 Å². The Morgan fingerprint density at radius 1 is 1.47 bits per heavy atom. The minimum Gasteiger partial charge on any atom is -0.337 e. The van der Waals surface area contributed by atoms with E-state index in [1.165, 1.54) is 6.07 Å². The summed E-state index contributed by atoms with van der Waals surface area (Å²) >= 11 is 6.03. The average Bonchev–Trinajstić information content (AvgIpc) is 2.82. The number of imidazole rings is 1. The normalized spacial score (nSPS) is 10.6. The zero-order valence-corrected chi connectivity index (χ0v) is 11.3. The first kappa shape index (κ1) is 13.8.